The van der Waals surface area contributed by atoms with Gasteiger partial charge in [0.2, 0.25) is 5.91 Å². The normalized spacial score (nSPS) is 17.6. The number of carbonyl (C=O) groups is 6. The molecule has 20 heteroatoms. The topological polar surface area (TPSA) is 204 Å². The minimum atomic E-state index is -0.609. The summed E-state index contributed by atoms with van der Waals surface area (Å²) in [6.45, 7) is 5.21. The Morgan fingerprint density at radius 3 is 2.05 bits per heavy atom. The first-order valence-corrected chi connectivity index (χ1v) is 27.5. The van der Waals surface area contributed by atoms with Crippen LogP contribution >= 0.6 is 21.6 Å². The van der Waals surface area contributed by atoms with Crippen molar-refractivity contribution < 1.29 is 57.3 Å². The summed E-state index contributed by atoms with van der Waals surface area (Å²) in [5.74, 6) is 1.17. The zero-order valence-corrected chi connectivity index (χ0v) is 44.6. The Labute approximate surface area is 448 Å². The van der Waals surface area contributed by atoms with Crippen LogP contribution in [0.4, 0.5) is 17.1 Å². The van der Waals surface area contributed by atoms with Gasteiger partial charge in [0.1, 0.15) is 5.75 Å². The number of hydrogen-bond donors (Lipinski definition) is 2. The molecule has 76 heavy (non-hydrogen) atoms. The molecule has 0 spiro atoms. The SMILES string of the molecule is COc1ccc(C2=CN3C(=O)c4cc(OC)c(OCCCOc5cc6c(cc5OC)C(=O)N5C=C(c7ccc(NC(=O)CCC(C)(C)SSCCCC(=O)ON8C(=O)CCC8=O)cc7)C[C@H]5CN6)cc4N=C[C@@H]3C2)cc1. The third-order valence-electron chi connectivity index (χ3n) is 13.5. The van der Waals surface area contributed by atoms with E-state index >= 15 is 0 Å². The summed E-state index contributed by atoms with van der Waals surface area (Å²) in [4.78, 5) is 89.5. The molecule has 0 saturated carbocycles. The van der Waals surface area contributed by atoms with Crippen LogP contribution in [0.5, 0.6) is 28.7 Å². The largest absolute Gasteiger partial charge is 0.497 e. The van der Waals surface area contributed by atoms with Crippen molar-refractivity contribution >= 4 is 91.5 Å². The summed E-state index contributed by atoms with van der Waals surface area (Å²) in [6, 6.07) is 22.0. The summed E-state index contributed by atoms with van der Waals surface area (Å²) < 4.78 is 28.9. The first kappa shape index (κ1) is 53.4. The third-order valence-corrected chi connectivity index (χ3v) is 16.9. The number of ether oxygens (including phenoxy) is 5. The third kappa shape index (κ3) is 12.3. The fourth-order valence-corrected chi connectivity index (χ4v) is 12.0. The number of imide groups is 1. The van der Waals surface area contributed by atoms with Gasteiger partial charge >= 0.3 is 5.97 Å². The molecule has 18 nitrogen and oxygen atoms in total. The molecule has 5 heterocycles. The van der Waals surface area contributed by atoms with Crippen LogP contribution in [-0.2, 0) is 24.0 Å². The maximum Gasteiger partial charge on any atom is 0.333 e. The molecule has 4 aromatic rings. The van der Waals surface area contributed by atoms with Crippen molar-refractivity contribution in [2.45, 2.75) is 88.5 Å². The Kier molecular flexibility index (Phi) is 16.6. The van der Waals surface area contributed by atoms with E-state index in [0.717, 1.165) is 28.0 Å². The highest BCUT2D eigenvalue weighted by molar-refractivity contribution is 8.77. The fraction of sp³-hybridized carbons (Fsp3) is 0.375. The van der Waals surface area contributed by atoms with E-state index in [2.05, 4.69) is 24.5 Å². The molecule has 0 radical (unpaired) electrons. The van der Waals surface area contributed by atoms with E-state index in [1.807, 2.05) is 60.9 Å². The number of anilines is 2. The number of methoxy groups -OCH3 is 3. The average Bonchev–Trinajstić information content (AvgIpc) is 4.12. The number of benzene rings is 4. The van der Waals surface area contributed by atoms with Gasteiger partial charge in [0, 0.05) is 92.0 Å². The Balaban J connectivity index is 0.726. The molecule has 0 aromatic heterocycles. The summed E-state index contributed by atoms with van der Waals surface area (Å²) in [7, 11) is 7.94. The van der Waals surface area contributed by atoms with Crippen LogP contribution in [0.3, 0.4) is 0 Å². The van der Waals surface area contributed by atoms with Gasteiger partial charge in [0.25, 0.3) is 23.6 Å². The second-order valence-corrected chi connectivity index (χ2v) is 22.4. The maximum atomic E-state index is 14.1. The Bertz CT molecular complexity index is 2980. The van der Waals surface area contributed by atoms with Crippen molar-refractivity contribution in [3.63, 3.8) is 0 Å². The lowest BCUT2D eigenvalue weighted by atomic mass is 10.0. The van der Waals surface area contributed by atoms with Crippen LogP contribution in [0, 0.1) is 0 Å². The van der Waals surface area contributed by atoms with Crippen molar-refractivity contribution in [3.05, 3.63) is 107 Å². The molecule has 0 unspecified atom stereocenters. The maximum absolute atomic E-state index is 14.1. The molecule has 0 bridgehead atoms. The van der Waals surface area contributed by atoms with Gasteiger partial charge in [-0.1, -0.05) is 45.9 Å². The lowest BCUT2D eigenvalue weighted by molar-refractivity contribution is -0.197. The van der Waals surface area contributed by atoms with Crippen LogP contribution < -0.4 is 34.3 Å². The van der Waals surface area contributed by atoms with E-state index in [4.69, 9.17) is 33.5 Å². The number of nitrogens with one attached hydrogen (secondary N) is 2. The first-order valence-electron chi connectivity index (χ1n) is 25.2. The van der Waals surface area contributed by atoms with Gasteiger partial charge in [0.05, 0.1) is 69.1 Å². The van der Waals surface area contributed by atoms with Gasteiger partial charge in [-0.05, 0) is 91.8 Å². The summed E-state index contributed by atoms with van der Waals surface area (Å²) in [6.07, 6.45) is 9.05. The minimum absolute atomic E-state index is 0.0589. The molecule has 2 N–H and O–H groups in total. The average molecular weight is 1070 g/mol. The number of hydroxylamine groups is 2. The van der Waals surface area contributed by atoms with E-state index < -0.39 is 17.8 Å². The van der Waals surface area contributed by atoms with E-state index in [-0.39, 0.29) is 67.0 Å². The summed E-state index contributed by atoms with van der Waals surface area (Å²) >= 11 is 0. The van der Waals surface area contributed by atoms with Crippen molar-refractivity contribution in [1.29, 1.82) is 0 Å². The second kappa shape index (κ2) is 23.6. The van der Waals surface area contributed by atoms with Gasteiger partial charge in [-0.25, -0.2) is 4.79 Å². The van der Waals surface area contributed by atoms with Gasteiger partial charge in [-0.3, -0.25) is 29.0 Å². The van der Waals surface area contributed by atoms with Gasteiger partial charge in [0.15, 0.2) is 23.0 Å². The molecule has 5 aliphatic rings. The molecule has 9 rings (SSSR count). The highest BCUT2D eigenvalue weighted by Gasteiger charge is 2.37. The minimum Gasteiger partial charge on any atom is -0.497 e. The Morgan fingerprint density at radius 1 is 0.737 bits per heavy atom. The zero-order chi connectivity index (χ0) is 53.5. The van der Waals surface area contributed by atoms with E-state index in [9.17, 15) is 28.8 Å². The summed E-state index contributed by atoms with van der Waals surface area (Å²) in [5, 5.41) is 7.04. The lowest BCUT2D eigenvalue weighted by Crippen LogP contribution is -2.34. The van der Waals surface area contributed by atoms with Gasteiger partial charge in [-0.2, -0.15) is 0 Å². The predicted molar refractivity (Wildman–Crippen MR) is 291 cm³/mol. The van der Waals surface area contributed by atoms with Crippen LogP contribution in [-0.4, -0.2) is 120 Å². The standard InChI is InChI=1S/C56H60N6O12S2/c1-56(2,76-75-23-6-8-53(66)74-62-51(64)17-18-52(62)65)20-19-50(63)59-38-13-9-34(10-14-38)36-24-39-30-57-44-28-48(46(70-4)26-42(44)54(67)60(39)32-36)72-21-7-22-73-49-29-45-43(27-47(49)71-5)55(68)61-33-37(25-40(61)31-58-45)35-11-15-41(69-3)16-12-35/h9-16,26-29,31-33,39-40,57H,6-8,17-25,30H2,1-5H3,(H,59,63)/t39-,40-/m0/s1. The van der Waals surface area contributed by atoms with E-state index in [1.165, 1.54) is 14.2 Å². The molecule has 398 valence electrons. The van der Waals surface area contributed by atoms with Crippen LogP contribution in [0.25, 0.3) is 11.1 Å². The zero-order valence-electron chi connectivity index (χ0n) is 43.0. The molecule has 5 amide bonds. The first-order chi connectivity index (χ1) is 36.7. The van der Waals surface area contributed by atoms with Crippen molar-refractivity contribution in [1.82, 2.24) is 14.9 Å². The predicted octanol–water partition coefficient (Wildman–Crippen LogP) is 9.48. The number of aliphatic imine (C=N–C) groups is 1. The lowest BCUT2D eigenvalue weighted by Gasteiger charge is -2.23. The Morgan fingerprint density at radius 2 is 1.37 bits per heavy atom. The van der Waals surface area contributed by atoms with Crippen molar-refractivity contribution in [2.24, 2.45) is 4.99 Å². The van der Waals surface area contributed by atoms with Gasteiger partial charge < -0.3 is 49.0 Å². The second-order valence-electron chi connectivity index (χ2n) is 19.3. The number of hydrogen-bond acceptors (Lipinski definition) is 16. The fourth-order valence-electron chi connectivity index (χ4n) is 9.32. The molecular weight excluding hydrogens is 1010 g/mol. The van der Waals surface area contributed by atoms with Crippen molar-refractivity contribution in [2.75, 3.05) is 57.5 Å². The number of amides is 5. The monoisotopic (exact) mass is 1070 g/mol. The van der Waals surface area contributed by atoms with Crippen LogP contribution in [0.15, 0.2) is 90.2 Å². The Hall–Kier alpha value is -7.45. The van der Waals surface area contributed by atoms with Crippen LogP contribution in [0.1, 0.15) is 103 Å². The van der Waals surface area contributed by atoms with Gasteiger partial charge in [-0.15, -0.1) is 5.06 Å². The smallest absolute Gasteiger partial charge is 0.333 e. The van der Waals surface area contributed by atoms with Crippen LogP contribution in [0.2, 0.25) is 0 Å². The molecule has 4 aromatic carbocycles. The number of fused-ring (bicyclic) bond motifs is 4. The number of nitrogens with zero attached hydrogens (tertiary/aromatic N) is 4. The molecule has 1 saturated heterocycles. The van der Waals surface area contributed by atoms with E-state index in [1.54, 1.807) is 69.0 Å². The number of carbonyl (C=O) groups excluding carboxylic acids is 6. The number of rotatable bonds is 22. The molecule has 5 aliphatic heterocycles. The highest BCUT2D eigenvalue weighted by Crippen LogP contribution is 2.43. The highest BCUT2D eigenvalue weighted by atomic mass is 33.1. The van der Waals surface area contributed by atoms with E-state index in [0.29, 0.717) is 107 Å². The van der Waals surface area contributed by atoms with Crippen molar-refractivity contribution in [3.8, 4) is 28.7 Å². The quantitative estimate of drug-likeness (QED) is 0.0427. The summed E-state index contributed by atoms with van der Waals surface area (Å²) in [5.41, 5.74) is 6.71. The molecule has 1 fully saturated rings. The molecular formula is C56H60N6O12S2. The molecule has 0 aliphatic carbocycles. The molecule has 2 atom stereocenters.